The Morgan fingerprint density at radius 1 is 0.971 bits per heavy atom. The molecule has 2 atom stereocenters. The Kier molecular flexibility index (Phi) is 8.54. The first kappa shape index (κ1) is 26.3. The van der Waals surface area contributed by atoms with E-state index >= 15 is 0 Å². The number of alkyl carbamates (subject to hydrolysis) is 1. The van der Waals surface area contributed by atoms with Crippen LogP contribution in [0.15, 0.2) is 48.5 Å². The van der Waals surface area contributed by atoms with Crippen molar-refractivity contribution in [2.24, 2.45) is 11.3 Å². The minimum absolute atomic E-state index is 0.0441. The number of nitrogens with one attached hydrogen (secondary N) is 2. The van der Waals surface area contributed by atoms with E-state index in [0.29, 0.717) is 19.4 Å². The number of rotatable bonds is 10. The Labute approximate surface area is 207 Å². The van der Waals surface area contributed by atoms with E-state index in [9.17, 15) is 14.4 Å². The summed E-state index contributed by atoms with van der Waals surface area (Å²) in [5, 5.41) is 14.4. The van der Waals surface area contributed by atoms with Crippen LogP contribution >= 0.6 is 0 Å². The average Bonchev–Trinajstić information content (AvgIpc) is 3.12. The molecule has 0 fully saturated rings. The zero-order valence-corrected chi connectivity index (χ0v) is 21.0. The van der Waals surface area contributed by atoms with Gasteiger partial charge >= 0.3 is 12.1 Å². The van der Waals surface area contributed by atoms with E-state index in [1.165, 1.54) is 0 Å². The van der Waals surface area contributed by atoms with Gasteiger partial charge in [0, 0.05) is 18.9 Å². The lowest BCUT2D eigenvalue weighted by Gasteiger charge is -2.30. The van der Waals surface area contributed by atoms with Crippen molar-refractivity contribution in [2.75, 3.05) is 13.2 Å². The van der Waals surface area contributed by atoms with Crippen LogP contribution in [0.4, 0.5) is 4.79 Å². The Bertz CT molecular complexity index is 1010. The van der Waals surface area contributed by atoms with Crippen LogP contribution in [0.2, 0.25) is 0 Å². The van der Waals surface area contributed by atoms with Crippen LogP contribution in [-0.4, -0.2) is 42.3 Å². The predicted molar refractivity (Wildman–Crippen MR) is 135 cm³/mol. The minimum Gasteiger partial charge on any atom is -0.481 e. The molecule has 0 aliphatic heterocycles. The number of benzene rings is 2. The van der Waals surface area contributed by atoms with Crippen molar-refractivity contribution in [3.8, 4) is 11.1 Å². The first-order chi connectivity index (χ1) is 16.6. The third kappa shape index (κ3) is 6.84. The Balaban J connectivity index is 1.47. The fraction of sp³-hybridized carbons (Fsp3) is 0.464. The van der Waals surface area contributed by atoms with E-state index in [1.54, 1.807) is 6.92 Å². The van der Waals surface area contributed by atoms with Gasteiger partial charge in [0.2, 0.25) is 5.91 Å². The van der Waals surface area contributed by atoms with Crippen molar-refractivity contribution in [3.63, 3.8) is 0 Å². The second-order valence-electron chi connectivity index (χ2n) is 10.3. The molecule has 1 aliphatic rings. The fourth-order valence-electron chi connectivity index (χ4n) is 4.71. The van der Waals surface area contributed by atoms with E-state index in [1.807, 2.05) is 24.3 Å². The van der Waals surface area contributed by atoms with Crippen LogP contribution in [0.5, 0.6) is 0 Å². The van der Waals surface area contributed by atoms with Gasteiger partial charge in [-0.25, -0.2) is 4.79 Å². The molecular formula is C28H36N2O5. The van der Waals surface area contributed by atoms with Crippen molar-refractivity contribution in [2.45, 2.75) is 58.9 Å². The third-order valence-corrected chi connectivity index (χ3v) is 6.79. The number of ether oxygens (including phenoxy) is 1. The molecule has 0 heterocycles. The molecular weight excluding hydrogens is 444 g/mol. The maximum absolute atomic E-state index is 12.5. The minimum atomic E-state index is -0.816. The molecule has 3 rings (SSSR count). The lowest BCUT2D eigenvalue weighted by molar-refractivity contribution is -0.137. The quantitative estimate of drug-likeness (QED) is 0.446. The molecule has 35 heavy (non-hydrogen) atoms. The van der Waals surface area contributed by atoms with Gasteiger partial charge in [-0.05, 0) is 53.4 Å². The predicted octanol–water partition coefficient (Wildman–Crippen LogP) is 4.95. The summed E-state index contributed by atoms with van der Waals surface area (Å²) in [6.07, 6.45) is 0.696. The molecule has 0 bridgehead atoms. The van der Waals surface area contributed by atoms with Crippen LogP contribution in [0, 0.1) is 11.3 Å². The summed E-state index contributed by atoms with van der Waals surface area (Å²) in [5.74, 6) is -1.00. The number of carbonyl (C=O) groups excluding carboxylic acids is 2. The highest BCUT2D eigenvalue weighted by atomic mass is 16.5. The summed E-state index contributed by atoms with van der Waals surface area (Å²) in [6.45, 7) is 8.43. The fourth-order valence-corrected chi connectivity index (χ4v) is 4.71. The van der Waals surface area contributed by atoms with Gasteiger partial charge in [-0.3, -0.25) is 9.59 Å². The van der Waals surface area contributed by atoms with E-state index in [-0.39, 0.29) is 36.2 Å². The highest BCUT2D eigenvalue weighted by molar-refractivity contribution is 5.85. The molecule has 1 aliphatic carbocycles. The van der Waals surface area contributed by atoms with Crippen LogP contribution < -0.4 is 10.6 Å². The molecule has 2 unspecified atom stereocenters. The number of carboxylic acids is 1. The number of fused-ring (bicyclic) bond motifs is 3. The van der Waals surface area contributed by atoms with Gasteiger partial charge in [0.1, 0.15) is 12.6 Å². The first-order valence-electron chi connectivity index (χ1n) is 12.2. The van der Waals surface area contributed by atoms with E-state index in [0.717, 1.165) is 22.3 Å². The second kappa shape index (κ2) is 11.4. The molecule has 0 saturated carbocycles. The number of carboxylic acid groups (broad SMARTS) is 1. The third-order valence-electron chi connectivity index (χ3n) is 6.79. The Morgan fingerprint density at radius 3 is 2.09 bits per heavy atom. The standard InChI is InChI=1S/C28H36N2O5/c1-18(26(33)29-16-15-19(28(2,3)4)13-14-25(31)32)30-27(34)35-17-24-22-11-7-5-9-20(22)21-10-6-8-12-23(21)24/h5-12,18-19,24H,13-17H2,1-4H3,(H,29,33)(H,30,34)(H,31,32). The van der Waals surface area contributed by atoms with Crippen LogP contribution in [0.1, 0.15) is 64.0 Å². The molecule has 188 valence electrons. The average molecular weight is 481 g/mol. The maximum Gasteiger partial charge on any atom is 0.407 e. The normalized spacial score (nSPS) is 14.4. The lowest BCUT2D eigenvalue weighted by Crippen LogP contribution is -2.45. The van der Waals surface area contributed by atoms with Gasteiger partial charge in [-0.15, -0.1) is 0 Å². The van der Waals surface area contributed by atoms with Crippen LogP contribution in [0.3, 0.4) is 0 Å². The summed E-state index contributed by atoms with van der Waals surface area (Å²) in [6, 6.07) is 15.5. The summed E-state index contributed by atoms with van der Waals surface area (Å²) in [5.41, 5.74) is 4.50. The Hall–Kier alpha value is -3.35. The number of carbonyl (C=O) groups is 3. The number of hydrogen-bond acceptors (Lipinski definition) is 4. The van der Waals surface area contributed by atoms with Crippen molar-refractivity contribution in [3.05, 3.63) is 59.7 Å². The lowest BCUT2D eigenvalue weighted by atomic mass is 9.76. The van der Waals surface area contributed by atoms with E-state index in [4.69, 9.17) is 9.84 Å². The topological polar surface area (TPSA) is 105 Å². The monoisotopic (exact) mass is 480 g/mol. The van der Waals surface area contributed by atoms with E-state index in [2.05, 4.69) is 55.7 Å². The molecule has 2 aromatic rings. The molecule has 0 aromatic heterocycles. The zero-order chi connectivity index (χ0) is 25.6. The maximum atomic E-state index is 12.5. The van der Waals surface area contributed by atoms with Gasteiger partial charge < -0.3 is 20.5 Å². The van der Waals surface area contributed by atoms with Crippen molar-refractivity contribution < 1.29 is 24.2 Å². The van der Waals surface area contributed by atoms with Gasteiger partial charge in [0.25, 0.3) is 0 Å². The molecule has 2 aromatic carbocycles. The molecule has 7 heteroatoms. The molecule has 7 nitrogen and oxygen atoms in total. The molecule has 0 radical (unpaired) electrons. The summed E-state index contributed by atoms with van der Waals surface area (Å²) >= 11 is 0. The van der Waals surface area contributed by atoms with Crippen LogP contribution in [-0.2, 0) is 14.3 Å². The molecule has 2 amide bonds. The zero-order valence-electron chi connectivity index (χ0n) is 21.0. The Morgan fingerprint density at radius 2 is 1.54 bits per heavy atom. The van der Waals surface area contributed by atoms with Gasteiger partial charge in [-0.2, -0.15) is 0 Å². The largest absolute Gasteiger partial charge is 0.481 e. The van der Waals surface area contributed by atoms with Crippen molar-refractivity contribution in [1.29, 1.82) is 0 Å². The highest BCUT2D eigenvalue weighted by Gasteiger charge is 2.29. The van der Waals surface area contributed by atoms with Gasteiger partial charge in [0.05, 0.1) is 0 Å². The SMILES string of the molecule is CC(NC(=O)OCC1c2ccccc2-c2ccccc21)C(=O)NCCC(CCC(=O)O)C(C)(C)C. The summed E-state index contributed by atoms with van der Waals surface area (Å²) in [7, 11) is 0. The second-order valence-corrected chi connectivity index (χ2v) is 10.3. The smallest absolute Gasteiger partial charge is 0.407 e. The number of hydrogen-bond donors (Lipinski definition) is 3. The van der Waals surface area contributed by atoms with Crippen molar-refractivity contribution >= 4 is 18.0 Å². The summed E-state index contributed by atoms with van der Waals surface area (Å²) < 4.78 is 5.52. The molecule has 3 N–H and O–H groups in total. The van der Waals surface area contributed by atoms with Crippen molar-refractivity contribution in [1.82, 2.24) is 10.6 Å². The number of amides is 2. The van der Waals surface area contributed by atoms with Gasteiger partial charge in [-0.1, -0.05) is 69.3 Å². The van der Waals surface area contributed by atoms with E-state index < -0.39 is 18.1 Å². The first-order valence-corrected chi connectivity index (χ1v) is 12.2. The highest BCUT2D eigenvalue weighted by Crippen LogP contribution is 2.44. The molecule has 0 spiro atoms. The van der Waals surface area contributed by atoms with Crippen LogP contribution in [0.25, 0.3) is 11.1 Å². The number of aliphatic carboxylic acids is 1. The molecule has 0 saturated heterocycles. The summed E-state index contributed by atoms with van der Waals surface area (Å²) in [4.78, 5) is 35.9. The van der Waals surface area contributed by atoms with Gasteiger partial charge in [0.15, 0.2) is 0 Å².